The Bertz CT molecular complexity index is 1030. The number of nitrogen functional groups attached to an aromatic ring is 1. The zero-order valence-corrected chi connectivity index (χ0v) is 15.1. The van der Waals surface area contributed by atoms with E-state index in [4.69, 9.17) is 15.2 Å². The van der Waals surface area contributed by atoms with Gasteiger partial charge in [0.15, 0.2) is 11.5 Å². The molecule has 0 unspecified atom stereocenters. The van der Waals surface area contributed by atoms with Gasteiger partial charge in [-0.1, -0.05) is 0 Å². The number of pyridine rings is 1. The molecule has 0 atom stereocenters. The summed E-state index contributed by atoms with van der Waals surface area (Å²) in [5.74, 6) is 1.41. The van der Waals surface area contributed by atoms with Crippen molar-refractivity contribution in [1.29, 1.82) is 0 Å². The van der Waals surface area contributed by atoms with Crippen molar-refractivity contribution >= 4 is 28.2 Å². The molecule has 3 aromatic rings. The molecule has 0 saturated heterocycles. The number of hydrogen-bond acceptors (Lipinski definition) is 5. The van der Waals surface area contributed by atoms with Crippen LogP contribution in [0.4, 0.5) is 11.4 Å². The quantitative estimate of drug-likeness (QED) is 0.722. The highest BCUT2D eigenvalue weighted by Crippen LogP contribution is 2.41. The summed E-state index contributed by atoms with van der Waals surface area (Å²) >= 11 is 0. The Balaban J connectivity index is 1.88. The molecule has 5 heteroatoms. The van der Waals surface area contributed by atoms with Crippen molar-refractivity contribution in [3.05, 3.63) is 59.5 Å². The Kier molecular flexibility index (Phi) is 3.92. The van der Waals surface area contributed by atoms with Gasteiger partial charge in [0.05, 0.1) is 25.6 Å². The van der Waals surface area contributed by atoms with Crippen LogP contribution in [0.25, 0.3) is 16.8 Å². The number of fused-ring (bicyclic) bond motifs is 2. The Hall–Kier alpha value is -3.21. The predicted molar refractivity (Wildman–Crippen MR) is 106 cm³/mol. The van der Waals surface area contributed by atoms with Crippen LogP contribution in [0, 0.1) is 6.92 Å². The number of methoxy groups -OCH3 is 2. The molecule has 1 aromatic heterocycles. The molecular formula is C21H21N3O2. The van der Waals surface area contributed by atoms with E-state index in [1.807, 2.05) is 31.3 Å². The second kappa shape index (κ2) is 6.26. The summed E-state index contributed by atoms with van der Waals surface area (Å²) < 4.78 is 11.0. The summed E-state index contributed by atoms with van der Waals surface area (Å²) in [5.41, 5.74) is 11.5. The minimum atomic E-state index is 0.700. The number of nitrogens with zero attached hydrogens (tertiary/aromatic N) is 2. The first-order valence-corrected chi connectivity index (χ1v) is 8.46. The lowest BCUT2D eigenvalue weighted by Gasteiger charge is -2.28. The highest BCUT2D eigenvalue weighted by molar-refractivity contribution is 6.03. The van der Waals surface area contributed by atoms with Gasteiger partial charge in [-0.05, 0) is 48.9 Å². The van der Waals surface area contributed by atoms with Crippen LogP contribution >= 0.6 is 0 Å². The minimum Gasteiger partial charge on any atom is -0.493 e. The van der Waals surface area contributed by atoms with E-state index in [0.29, 0.717) is 11.5 Å². The SMILES string of the molecule is COc1ccc2c(N)c3c(cc2c1OC)CN(c1cccnc1C)C=C3. The smallest absolute Gasteiger partial charge is 0.168 e. The maximum atomic E-state index is 6.49. The molecule has 0 spiro atoms. The summed E-state index contributed by atoms with van der Waals surface area (Å²) in [5, 5.41) is 1.93. The Morgan fingerprint density at radius 1 is 1.12 bits per heavy atom. The van der Waals surface area contributed by atoms with Crippen LogP contribution in [0.1, 0.15) is 16.8 Å². The summed E-state index contributed by atoms with van der Waals surface area (Å²) in [6.45, 7) is 2.74. The highest BCUT2D eigenvalue weighted by Gasteiger charge is 2.20. The number of aryl methyl sites for hydroxylation is 1. The van der Waals surface area contributed by atoms with Crippen LogP contribution < -0.4 is 20.1 Å². The molecule has 0 saturated carbocycles. The number of benzene rings is 2. The zero-order valence-electron chi connectivity index (χ0n) is 15.1. The lowest BCUT2D eigenvalue weighted by molar-refractivity contribution is 0.358. The van der Waals surface area contributed by atoms with Crippen molar-refractivity contribution in [3.8, 4) is 11.5 Å². The number of rotatable bonds is 3. The summed E-state index contributed by atoms with van der Waals surface area (Å²) in [6, 6.07) is 10.0. The van der Waals surface area contributed by atoms with Crippen LogP contribution in [0.2, 0.25) is 0 Å². The number of anilines is 2. The van der Waals surface area contributed by atoms with Crippen molar-refractivity contribution in [1.82, 2.24) is 4.98 Å². The van der Waals surface area contributed by atoms with Gasteiger partial charge < -0.3 is 20.1 Å². The monoisotopic (exact) mass is 347 g/mol. The fourth-order valence-corrected chi connectivity index (χ4v) is 3.57. The van der Waals surface area contributed by atoms with E-state index in [0.717, 1.165) is 45.5 Å². The van der Waals surface area contributed by atoms with Crippen LogP contribution in [-0.2, 0) is 6.54 Å². The molecule has 26 heavy (non-hydrogen) atoms. The largest absolute Gasteiger partial charge is 0.493 e. The van der Waals surface area contributed by atoms with Gasteiger partial charge in [0, 0.05) is 41.0 Å². The summed E-state index contributed by atoms with van der Waals surface area (Å²) in [7, 11) is 3.29. The van der Waals surface area contributed by atoms with Gasteiger partial charge in [-0.15, -0.1) is 0 Å². The average molecular weight is 347 g/mol. The van der Waals surface area contributed by atoms with E-state index >= 15 is 0 Å². The normalized spacial score (nSPS) is 13.0. The third-order valence-corrected chi connectivity index (χ3v) is 4.88. The zero-order chi connectivity index (χ0) is 18.3. The molecule has 0 amide bonds. The van der Waals surface area contributed by atoms with Gasteiger partial charge in [-0.25, -0.2) is 0 Å². The van der Waals surface area contributed by atoms with E-state index in [1.165, 1.54) is 0 Å². The van der Waals surface area contributed by atoms with Gasteiger partial charge in [-0.3, -0.25) is 4.98 Å². The topological polar surface area (TPSA) is 60.6 Å². The van der Waals surface area contributed by atoms with Gasteiger partial charge in [0.25, 0.3) is 0 Å². The lowest BCUT2D eigenvalue weighted by atomic mass is 9.95. The van der Waals surface area contributed by atoms with Crippen molar-refractivity contribution in [2.75, 3.05) is 24.9 Å². The van der Waals surface area contributed by atoms with E-state index in [2.05, 4.69) is 34.3 Å². The molecule has 2 heterocycles. The molecule has 0 fully saturated rings. The third-order valence-electron chi connectivity index (χ3n) is 4.88. The van der Waals surface area contributed by atoms with Gasteiger partial charge >= 0.3 is 0 Å². The maximum absolute atomic E-state index is 6.49. The molecule has 1 aliphatic heterocycles. The number of nitrogens with two attached hydrogens (primary N) is 1. The molecule has 5 nitrogen and oxygen atoms in total. The van der Waals surface area contributed by atoms with Crippen LogP contribution in [-0.4, -0.2) is 19.2 Å². The van der Waals surface area contributed by atoms with Gasteiger partial charge in [0.1, 0.15) is 0 Å². The number of hydrogen-bond donors (Lipinski definition) is 1. The van der Waals surface area contributed by atoms with E-state index < -0.39 is 0 Å². The van der Waals surface area contributed by atoms with E-state index in [1.54, 1.807) is 14.2 Å². The van der Waals surface area contributed by atoms with Crippen molar-refractivity contribution < 1.29 is 9.47 Å². The maximum Gasteiger partial charge on any atom is 0.168 e. The van der Waals surface area contributed by atoms with Gasteiger partial charge in [-0.2, -0.15) is 0 Å². The van der Waals surface area contributed by atoms with Crippen LogP contribution in [0.15, 0.2) is 42.7 Å². The second-order valence-corrected chi connectivity index (χ2v) is 6.31. The van der Waals surface area contributed by atoms with Crippen LogP contribution in [0.5, 0.6) is 11.5 Å². The summed E-state index contributed by atoms with van der Waals surface area (Å²) in [4.78, 5) is 6.57. The minimum absolute atomic E-state index is 0.700. The van der Waals surface area contributed by atoms with Crippen molar-refractivity contribution in [2.24, 2.45) is 0 Å². The van der Waals surface area contributed by atoms with Crippen molar-refractivity contribution in [3.63, 3.8) is 0 Å². The standard InChI is InChI=1S/C21H21N3O2/c1-13-18(5-4-9-23-13)24-10-8-15-14(12-24)11-17-16(20(15)22)6-7-19(25-2)21(17)26-3/h4-11H,12,22H2,1-3H3. The Labute approximate surface area is 152 Å². The first-order valence-electron chi connectivity index (χ1n) is 8.46. The molecule has 0 bridgehead atoms. The van der Waals surface area contributed by atoms with Gasteiger partial charge in [0.2, 0.25) is 0 Å². The molecule has 0 radical (unpaired) electrons. The number of ether oxygens (including phenoxy) is 2. The Morgan fingerprint density at radius 3 is 2.69 bits per heavy atom. The van der Waals surface area contributed by atoms with Crippen molar-refractivity contribution in [2.45, 2.75) is 13.5 Å². The first kappa shape index (κ1) is 16.3. The first-order chi connectivity index (χ1) is 12.6. The average Bonchev–Trinajstić information content (AvgIpc) is 2.67. The molecule has 2 N–H and O–H groups in total. The summed E-state index contributed by atoms with van der Waals surface area (Å²) in [6.07, 6.45) is 5.94. The number of aromatic nitrogens is 1. The van der Waals surface area contributed by atoms with E-state index in [-0.39, 0.29) is 0 Å². The van der Waals surface area contributed by atoms with Crippen LogP contribution in [0.3, 0.4) is 0 Å². The third kappa shape index (κ3) is 2.44. The predicted octanol–water partition coefficient (Wildman–Crippen LogP) is 4.13. The molecule has 132 valence electrons. The lowest BCUT2D eigenvalue weighted by Crippen LogP contribution is -2.20. The van der Waals surface area contributed by atoms with E-state index in [9.17, 15) is 0 Å². The fourth-order valence-electron chi connectivity index (χ4n) is 3.57. The molecule has 1 aliphatic rings. The molecule has 4 rings (SSSR count). The molecular weight excluding hydrogens is 326 g/mol. The molecule has 0 aliphatic carbocycles. The highest BCUT2D eigenvalue weighted by atomic mass is 16.5. The Morgan fingerprint density at radius 2 is 1.96 bits per heavy atom. The fraction of sp³-hybridized carbons (Fsp3) is 0.190. The second-order valence-electron chi connectivity index (χ2n) is 6.31. The molecule has 2 aromatic carbocycles.